The van der Waals surface area contributed by atoms with Crippen molar-refractivity contribution in [2.24, 2.45) is 0 Å². The van der Waals surface area contributed by atoms with Gasteiger partial charge in [-0.2, -0.15) is 8.78 Å². The number of carbonyl (C=O) groups is 1. The average molecular weight is 351 g/mol. The van der Waals surface area contributed by atoms with Gasteiger partial charge in [0.2, 0.25) is 0 Å². The summed E-state index contributed by atoms with van der Waals surface area (Å²) in [5, 5.41) is 2.69. The summed E-state index contributed by atoms with van der Waals surface area (Å²) in [6.07, 6.45) is 0. The number of hydrogen-bond acceptors (Lipinski definition) is 4. The minimum Gasteiger partial charge on any atom is -0.490 e. The highest BCUT2D eigenvalue weighted by molar-refractivity contribution is 6.04. The predicted molar refractivity (Wildman–Crippen MR) is 89.8 cm³/mol. The van der Waals surface area contributed by atoms with Crippen LogP contribution in [0.2, 0.25) is 0 Å². The van der Waals surface area contributed by atoms with E-state index in [-0.39, 0.29) is 11.3 Å². The van der Waals surface area contributed by atoms with Crippen molar-refractivity contribution in [1.82, 2.24) is 0 Å². The van der Waals surface area contributed by atoms with Crippen LogP contribution in [0, 0.1) is 0 Å². The van der Waals surface area contributed by atoms with Crippen LogP contribution in [0.5, 0.6) is 17.2 Å². The zero-order chi connectivity index (χ0) is 18.2. The average Bonchev–Trinajstić information content (AvgIpc) is 2.57. The van der Waals surface area contributed by atoms with Gasteiger partial charge in [0.25, 0.3) is 5.91 Å². The number of carbonyl (C=O) groups excluding carboxylic acids is 1. The number of amides is 1. The summed E-state index contributed by atoms with van der Waals surface area (Å²) in [5.41, 5.74) is 0.696. The Balaban J connectivity index is 2.15. The molecule has 2 aromatic carbocycles. The molecular weight excluding hydrogens is 332 g/mol. The first-order valence-electron chi connectivity index (χ1n) is 7.79. The van der Waals surface area contributed by atoms with Crippen LogP contribution in [-0.2, 0) is 0 Å². The molecule has 134 valence electrons. The van der Waals surface area contributed by atoms with E-state index in [0.29, 0.717) is 30.4 Å². The van der Waals surface area contributed by atoms with Crippen LogP contribution in [0.4, 0.5) is 14.5 Å². The van der Waals surface area contributed by atoms with E-state index in [9.17, 15) is 13.6 Å². The molecule has 0 radical (unpaired) electrons. The van der Waals surface area contributed by atoms with Crippen LogP contribution in [0.3, 0.4) is 0 Å². The van der Waals surface area contributed by atoms with Gasteiger partial charge >= 0.3 is 6.61 Å². The van der Waals surface area contributed by atoms with Gasteiger partial charge in [0.15, 0.2) is 11.5 Å². The van der Waals surface area contributed by atoms with Crippen molar-refractivity contribution in [3.8, 4) is 17.2 Å². The van der Waals surface area contributed by atoms with Gasteiger partial charge in [-0.3, -0.25) is 4.79 Å². The van der Waals surface area contributed by atoms with Crippen molar-refractivity contribution in [1.29, 1.82) is 0 Å². The first-order valence-corrected chi connectivity index (χ1v) is 7.79. The molecule has 7 heteroatoms. The van der Waals surface area contributed by atoms with Crippen LogP contribution in [-0.4, -0.2) is 25.7 Å². The molecule has 0 aliphatic rings. The highest BCUT2D eigenvalue weighted by atomic mass is 19.3. The molecule has 0 fully saturated rings. The Bertz CT molecular complexity index is 722. The fourth-order valence-corrected chi connectivity index (χ4v) is 2.15. The molecule has 0 aliphatic heterocycles. The third-order valence-corrected chi connectivity index (χ3v) is 3.12. The highest BCUT2D eigenvalue weighted by Crippen LogP contribution is 2.31. The second-order valence-corrected chi connectivity index (χ2v) is 4.89. The second-order valence-electron chi connectivity index (χ2n) is 4.89. The number of benzene rings is 2. The van der Waals surface area contributed by atoms with E-state index >= 15 is 0 Å². The fraction of sp³-hybridized carbons (Fsp3) is 0.278. The number of ether oxygens (including phenoxy) is 3. The normalized spacial score (nSPS) is 10.4. The minimum atomic E-state index is -2.95. The number of nitrogens with one attached hydrogen (secondary N) is 1. The molecule has 0 saturated heterocycles. The number of hydrogen-bond donors (Lipinski definition) is 1. The number of anilines is 1. The lowest BCUT2D eigenvalue weighted by atomic mass is 10.2. The van der Waals surface area contributed by atoms with Gasteiger partial charge in [0.05, 0.1) is 13.2 Å². The molecule has 0 aliphatic carbocycles. The van der Waals surface area contributed by atoms with Crippen LogP contribution in [0.1, 0.15) is 24.2 Å². The first kappa shape index (κ1) is 18.5. The lowest BCUT2D eigenvalue weighted by molar-refractivity contribution is -0.0498. The van der Waals surface area contributed by atoms with Gasteiger partial charge in [-0.15, -0.1) is 0 Å². The van der Waals surface area contributed by atoms with Gasteiger partial charge in [-0.1, -0.05) is 6.07 Å². The Kier molecular flexibility index (Phi) is 6.56. The van der Waals surface area contributed by atoms with Gasteiger partial charge < -0.3 is 19.5 Å². The van der Waals surface area contributed by atoms with E-state index in [0.717, 1.165) is 0 Å². The molecule has 0 atom stereocenters. The van der Waals surface area contributed by atoms with Crippen LogP contribution >= 0.6 is 0 Å². The minimum absolute atomic E-state index is 0.0793. The van der Waals surface area contributed by atoms with E-state index in [2.05, 4.69) is 10.1 Å². The molecule has 1 N–H and O–H groups in total. The van der Waals surface area contributed by atoms with E-state index in [1.807, 2.05) is 13.8 Å². The molecule has 0 heterocycles. The Morgan fingerprint density at radius 2 is 1.76 bits per heavy atom. The van der Waals surface area contributed by atoms with Crippen molar-refractivity contribution < 1.29 is 27.8 Å². The maximum atomic E-state index is 12.3. The first-order chi connectivity index (χ1) is 12.0. The molecule has 5 nitrogen and oxygen atoms in total. The lowest BCUT2D eigenvalue weighted by Crippen LogP contribution is -2.12. The van der Waals surface area contributed by atoms with E-state index in [1.54, 1.807) is 18.2 Å². The maximum absolute atomic E-state index is 12.3. The molecule has 2 rings (SSSR count). The summed E-state index contributed by atoms with van der Waals surface area (Å²) in [5.74, 6) is 0.558. The second kappa shape index (κ2) is 8.86. The quantitative estimate of drug-likeness (QED) is 0.769. The topological polar surface area (TPSA) is 56.8 Å². The van der Waals surface area contributed by atoms with Gasteiger partial charge in [-0.05, 0) is 44.2 Å². The Morgan fingerprint density at radius 3 is 2.44 bits per heavy atom. The van der Waals surface area contributed by atoms with Gasteiger partial charge in [0.1, 0.15) is 5.75 Å². The summed E-state index contributed by atoms with van der Waals surface area (Å²) in [6, 6.07) is 10.6. The summed E-state index contributed by atoms with van der Waals surface area (Å²) < 4.78 is 39.8. The van der Waals surface area contributed by atoms with Gasteiger partial charge in [-0.25, -0.2) is 0 Å². The maximum Gasteiger partial charge on any atom is 0.387 e. The molecular formula is C18H19F2NO4. The Morgan fingerprint density at radius 1 is 1.04 bits per heavy atom. The molecule has 1 amide bonds. The molecule has 0 spiro atoms. The van der Waals surface area contributed by atoms with E-state index < -0.39 is 12.5 Å². The van der Waals surface area contributed by atoms with Crippen molar-refractivity contribution in [3.05, 3.63) is 48.0 Å². The SMILES string of the molecule is CCOc1ccc(NC(=O)c2cccc(OC(F)F)c2)cc1OCC. The largest absolute Gasteiger partial charge is 0.490 e. The lowest BCUT2D eigenvalue weighted by Gasteiger charge is -2.13. The third-order valence-electron chi connectivity index (χ3n) is 3.12. The third kappa shape index (κ3) is 5.34. The number of halogens is 2. The number of alkyl halides is 2. The standard InChI is InChI=1S/C18H19F2NO4/c1-3-23-15-9-8-13(11-16(15)24-4-2)21-17(22)12-6-5-7-14(10-12)25-18(19)20/h5-11,18H,3-4H2,1-2H3,(H,21,22). The molecule has 2 aromatic rings. The zero-order valence-electron chi connectivity index (χ0n) is 13.9. The van der Waals surface area contributed by atoms with Crippen molar-refractivity contribution in [3.63, 3.8) is 0 Å². The Labute approximate surface area is 144 Å². The van der Waals surface area contributed by atoms with Crippen LogP contribution < -0.4 is 19.5 Å². The van der Waals surface area contributed by atoms with Gasteiger partial charge in [0, 0.05) is 17.3 Å². The molecule has 25 heavy (non-hydrogen) atoms. The molecule has 0 bridgehead atoms. The van der Waals surface area contributed by atoms with E-state index in [4.69, 9.17) is 9.47 Å². The highest BCUT2D eigenvalue weighted by Gasteiger charge is 2.12. The summed E-state index contributed by atoms with van der Waals surface area (Å²) >= 11 is 0. The van der Waals surface area contributed by atoms with Crippen molar-refractivity contribution in [2.75, 3.05) is 18.5 Å². The predicted octanol–water partition coefficient (Wildman–Crippen LogP) is 4.34. The summed E-state index contributed by atoms with van der Waals surface area (Å²) in [7, 11) is 0. The monoisotopic (exact) mass is 351 g/mol. The molecule has 0 saturated carbocycles. The molecule has 0 aromatic heterocycles. The molecule has 0 unspecified atom stereocenters. The van der Waals surface area contributed by atoms with Crippen LogP contribution in [0.15, 0.2) is 42.5 Å². The van der Waals surface area contributed by atoms with Crippen LogP contribution in [0.25, 0.3) is 0 Å². The smallest absolute Gasteiger partial charge is 0.387 e. The van der Waals surface area contributed by atoms with Crippen molar-refractivity contribution in [2.45, 2.75) is 20.5 Å². The summed E-state index contributed by atoms with van der Waals surface area (Å²) in [6.45, 7) is 1.70. The fourth-order valence-electron chi connectivity index (χ4n) is 2.15. The Hall–Kier alpha value is -2.83. The number of rotatable bonds is 8. The zero-order valence-corrected chi connectivity index (χ0v) is 13.9. The summed E-state index contributed by atoms with van der Waals surface area (Å²) in [4.78, 5) is 12.3. The van der Waals surface area contributed by atoms with Crippen molar-refractivity contribution >= 4 is 11.6 Å². The van der Waals surface area contributed by atoms with E-state index in [1.165, 1.54) is 24.3 Å².